The first-order valence-corrected chi connectivity index (χ1v) is 8.22. The summed E-state index contributed by atoms with van der Waals surface area (Å²) >= 11 is 3.58. The first-order chi connectivity index (χ1) is 10.1. The third-order valence-corrected chi connectivity index (χ3v) is 5.52. The lowest BCUT2D eigenvalue weighted by atomic mass is 9.85. The first-order valence-electron chi connectivity index (χ1n) is 7.42. The van der Waals surface area contributed by atoms with Gasteiger partial charge in [-0.2, -0.15) is 4.98 Å². The van der Waals surface area contributed by atoms with Gasteiger partial charge in [0, 0.05) is 16.1 Å². The highest BCUT2D eigenvalue weighted by Crippen LogP contribution is 2.33. The molecule has 112 valence electrons. The molecule has 0 saturated heterocycles. The maximum atomic E-state index is 6.19. The minimum Gasteiger partial charge on any atom is -0.339 e. The van der Waals surface area contributed by atoms with Crippen LogP contribution in [0.25, 0.3) is 11.4 Å². The molecule has 5 heteroatoms. The SMILES string of the molecule is Cc1cc(-c2noc(C3CCCCC3N)n2)cc(C)c1Br. The molecule has 0 aliphatic heterocycles. The molecule has 0 radical (unpaired) electrons. The topological polar surface area (TPSA) is 64.9 Å². The molecule has 1 aromatic heterocycles. The van der Waals surface area contributed by atoms with E-state index in [2.05, 4.69) is 52.1 Å². The highest BCUT2D eigenvalue weighted by molar-refractivity contribution is 9.10. The Bertz CT molecular complexity index is 630. The van der Waals surface area contributed by atoms with Crippen molar-refractivity contribution in [2.45, 2.75) is 51.5 Å². The maximum absolute atomic E-state index is 6.19. The van der Waals surface area contributed by atoms with Gasteiger partial charge >= 0.3 is 0 Å². The predicted molar refractivity (Wildman–Crippen MR) is 86.1 cm³/mol. The van der Waals surface area contributed by atoms with Crippen molar-refractivity contribution < 1.29 is 4.52 Å². The Hall–Kier alpha value is -1.20. The molecule has 0 bridgehead atoms. The smallest absolute Gasteiger partial charge is 0.231 e. The summed E-state index contributed by atoms with van der Waals surface area (Å²) in [6, 6.07) is 4.29. The number of halogens is 1. The summed E-state index contributed by atoms with van der Waals surface area (Å²) in [5.41, 5.74) is 9.53. The van der Waals surface area contributed by atoms with E-state index in [1.54, 1.807) is 0 Å². The molecule has 4 nitrogen and oxygen atoms in total. The fraction of sp³-hybridized carbons (Fsp3) is 0.500. The predicted octanol–water partition coefficient (Wildman–Crippen LogP) is 4.10. The molecule has 3 rings (SSSR count). The number of rotatable bonds is 2. The molecule has 2 aromatic rings. The van der Waals surface area contributed by atoms with Gasteiger partial charge < -0.3 is 10.3 Å². The van der Waals surface area contributed by atoms with E-state index in [-0.39, 0.29) is 12.0 Å². The second-order valence-corrected chi connectivity index (χ2v) is 6.73. The van der Waals surface area contributed by atoms with Crippen molar-refractivity contribution in [1.29, 1.82) is 0 Å². The van der Waals surface area contributed by atoms with Crippen molar-refractivity contribution in [2.24, 2.45) is 5.73 Å². The Labute approximate surface area is 133 Å². The quantitative estimate of drug-likeness (QED) is 0.886. The normalized spacial score (nSPS) is 22.5. The Morgan fingerprint density at radius 1 is 1.19 bits per heavy atom. The summed E-state index contributed by atoms with van der Waals surface area (Å²) < 4.78 is 6.62. The van der Waals surface area contributed by atoms with Crippen LogP contribution >= 0.6 is 15.9 Å². The third-order valence-electron chi connectivity index (χ3n) is 4.27. The number of nitrogens with zero attached hydrogens (tertiary/aromatic N) is 2. The molecular weight excluding hydrogens is 330 g/mol. The van der Waals surface area contributed by atoms with E-state index >= 15 is 0 Å². The van der Waals surface area contributed by atoms with Gasteiger partial charge in [-0.3, -0.25) is 0 Å². The van der Waals surface area contributed by atoms with Crippen molar-refractivity contribution in [1.82, 2.24) is 10.1 Å². The fourth-order valence-electron chi connectivity index (χ4n) is 3.04. The van der Waals surface area contributed by atoms with Crippen LogP contribution in [0.1, 0.15) is 48.6 Å². The zero-order chi connectivity index (χ0) is 15.0. The van der Waals surface area contributed by atoms with Gasteiger partial charge in [-0.1, -0.05) is 33.9 Å². The van der Waals surface area contributed by atoms with E-state index in [1.165, 1.54) is 24.0 Å². The number of hydrogen-bond acceptors (Lipinski definition) is 4. The lowest BCUT2D eigenvalue weighted by Crippen LogP contribution is -2.31. The number of hydrogen-bond donors (Lipinski definition) is 1. The zero-order valence-corrected chi connectivity index (χ0v) is 14.0. The second-order valence-electron chi connectivity index (χ2n) is 5.94. The molecule has 2 unspecified atom stereocenters. The molecular formula is C16H20BrN3O. The molecule has 21 heavy (non-hydrogen) atoms. The molecule has 1 aromatic carbocycles. The van der Waals surface area contributed by atoms with Crippen LogP contribution in [-0.4, -0.2) is 16.2 Å². The molecule has 0 amide bonds. The van der Waals surface area contributed by atoms with Crippen molar-refractivity contribution >= 4 is 15.9 Å². The summed E-state index contributed by atoms with van der Waals surface area (Å²) in [7, 11) is 0. The monoisotopic (exact) mass is 349 g/mol. The minimum absolute atomic E-state index is 0.139. The highest BCUT2D eigenvalue weighted by Gasteiger charge is 2.28. The van der Waals surface area contributed by atoms with Gasteiger partial charge in [-0.25, -0.2) is 0 Å². The number of aryl methyl sites for hydroxylation is 2. The molecule has 2 N–H and O–H groups in total. The van der Waals surface area contributed by atoms with Gasteiger partial charge in [0.05, 0.1) is 5.92 Å². The van der Waals surface area contributed by atoms with Crippen molar-refractivity contribution in [3.05, 3.63) is 33.6 Å². The average molecular weight is 350 g/mol. The summed E-state index contributed by atoms with van der Waals surface area (Å²) in [4.78, 5) is 4.59. The van der Waals surface area contributed by atoms with Gasteiger partial charge in [0.2, 0.25) is 11.7 Å². The van der Waals surface area contributed by atoms with Crippen LogP contribution in [0.15, 0.2) is 21.1 Å². The Morgan fingerprint density at radius 3 is 2.52 bits per heavy atom. The lowest BCUT2D eigenvalue weighted by Gasteiger charge is -2.25. The number of benzene rings is 1. The second kappa shape index (κ2) is 5.89. The summed E-state index contributed by atoms with van der Waals surface area (Å²) in [6.07, 6.45) is 4.47. The van der Waals surface area contributed by atoms with E-state index in [0.717, 1.165) is 22.9 Å². The van der Waals surface area contributed by atoms with E-state index in [0.29, 0.717) is 11.7 Å². The van der Waals surface area contributed by atoms with Crippen LogP contribution in [-0.2, 0) is 0 Å². The summed E-state index contributed by atoms with van der Waals surface area (Å²) in [5.74, 6) is 1.55. The molecule has 1 heterocycles. The van der Waals surface area contributed by atoms with E-state index in [9.17, 15) is 0 Å². The largest absolute Gasteiger partial charge is 0.339 e. The number of aromatic nitrogens is 2. The molecule has 1 aliphatic rings. The van der Waals surface area contributed by atoms with E-state index in [4.69, 9.17) is 10.3 Å². The van der Waals surface area contributed by atoms with Crippen LogP contribution in [0.2, 0.25) is 0 Å². The summed E-state index contributed by atoms with van der Waals surface area (Å²) in [6.45, 7) is 4.14. The van der Waals surface area contributed by atoms with E-state index in [1.807, 2.05) is 0 Å². The third kappa shape index (κ3) is 2.90. The van der Waals surface area contributed by atoms with Gasteiger partial charge in [0.15, 0.2) is 0 Å². The van der Waals surface area contributed by atoms with Crippen molar-refractivity contribution in [2.75, 3.05) is 0 Å². The minimum atomic E-state index is 0.139. The fourth-order valence-corrected chi connectivity index (χ4v) is 3.27. The van der Waals surface area contributed by atoms with Gasteiger partial charge in [-0.05, 0) is 49.9 Å². The average Bonchev–Trinajstić information content (AvgIpc) is 2.94. The van der Waals surface area contributed by atoms with Crippen LogP contribution < -0.4 is 5.73 Å². The van der Waals surface area contributed by atoms with Gasteiger partial charge in [0.1, 0.15) is 0 Å². The molecule has 2 atom stereocenters. The number of nitrogens with two attached hydrogens (primary N) is 1. The van der Waals surface area contributed by atoms with Crippen molar-refractivity contribution in [3.8, 4) is 11.4 Å². The van der Waals surface area contributed by atoms with Crippen LogP contribution in [0, 0.1) is 13.8 Å². The maximum Gasteiger partial charge on any atom is 0.231 e. The lowest BCUT2D eigenvalue weighted by molar-refractivity contribution is 0.290. The molecule has 1 fully saturated rings. The molecule has 1 saturated carbocycles. The van der Waals surface area contributed by atoms with Gasteiger partial charge in [0.25, 0.3) is 0 Å². The first kappa shape index (κ1) is 14.7. The van der Waals surface area contributed by atoms with Crippen molar-refractivity contribution in [3.63, 3.8) is 0 Å². The molecule has 1 aliphatic carbocycles. The zero-order valence-electron chi connectivity index (χ0n) is 12.4. The van der Waals surface area contributed by atoms with E-state index < -0.39 is 0 Å². The Kier molecular flexibility index (Phi) is 4.13. The standard InChI is InChI=1S/C16H20BrN3O/c1-9-7-11(8-10(2)14(9)17)15-19-16(21-20-15)12-5-3-4-6-13(12)18/h7-8,12-13H,3-6,18H2,1-2H3. The van der Waals surface area contributed by atoms with Gasteiger partial charge in [-0.15, -0.1) is 0 Å². The van der Waals surface area contributed by atoms with Crippen LogP contribution in [0.3, 0.4) is 0 Å². The highest BCUT2D eigenvalue weighted by atomic mass is 79.9. The Balaban J connectivity index is 1.91. The van der Waals surface area contributed by atoms with Crippen LogP contribution in [0.5, 0.6) is 0 Å². The summed E-state index contributed by atoms with van der Waals surface area (Å²) in [5, 5.41) is 4.15. The molecule has 0 spiro atoms. The Morgan fingerprint density at radius 2 is 1.86 bits per heavy atom. The van der Waals surface area contributed by atoms with Crippen LogP contribution in [0.4, 0.5) is 0 Å².